The second kappa shape index (κ2) is 6.76. The lowest BCUT2D eigenvalue weighted by molar-refractivity contribution is 0.311. The number of nitrogens with zero attached hydrogens (tertiary/aromatic N) is 1. The standard InChI is InChI=1S/C15H24N2O/c1-18-15-6-2-4-14(10-15)12-17-9-7-13(11-17)5-3-8-16/h2,4,6,10,13H,3,5,7-9,11-12,16H2,1H3. The van der Waals surface area contributed by atoms with Crippen molar-refractivity contribution in [1.29, 1.82) is 0 Å². The van der Waals surface area contributed by atoms with Gasteiger partial charge in [0.25, 0.3) is 0 Å². The summed E-state index contributed by atoms with van der Waals surface area (Å²) in [5.74, 6) is 1.80. The largest absolute Gasteiger partial charge is 0.497 e. The van der Waals surface area contributed by atoms with Crippen LogP contribution in [0.4, 0.5) is 0 Å². The Morgan fingerprint density at radius 3 is 3.11 bits per heavy atom. The molecule has 3 heteroatoms. The number of benzene rings is 1. The van der Waals surface area contributed by atoms with Crippen LogP contribution in [0.3, 0.4) is 0 Å². The summed E-state index contributed by atoms with van der Waals surface area (Å²) in [6.45, 7) is 4.30. The summed E-state index contributed by atoms with van der Waals surface area (Å²) in [5, 5.41) is 0. The van der Waals surface area contributed by atoms with Crippen LogP contribution in [0.1, 0.15) is 24.8 Å². The Labute approximate surface area is 110 Å². The first-order chi connectivity index (χ1) is 8.81. The fraction of sp³-hybridized carbons (Fsp3) is 0.600. The highest BCUT2D eigenvalue weighted by Crippen LogP contribution is 2.23. The Morgan fingerprint density at radius 2 is 2.33 bits per heavy atom. The van der Waals surface area contributed by atoms with Gasteiger partial charge in [-0.2, -0.15) is 0 Å². The molecule has 1 heterocycles. The van der Waals surface area contributed by atoms with E-state index in [4.69, 9.17) is 10.5 Å². The molecule has 1 aromatic rings. The van der Waals surface area contributed by atoms with Gasteiger partial charge in [0.15, 0.2) is 0 Å². The number of ether oxygens (including phenoxy) is 1. The molecule has 0 aliphatic carbocycles. The van der Waals surface area contributed by atoms with Crippen LogP contribution in [-0.2, 0) is 6.54 Å². The predicted octanol–water partition coefficient (Wildman–Crippen LogP) is 2.26. The van der Waals surface area contributed by atoms with E-state index in [1.165, 1.54) is 31.5 Å². The van der Waals surface area contributed by atoms with E-state index >= 15 is 0 Å². The number of nitrogens with two attached hydrogens (primary N) is 1. The fourth-order valence-electron chi connectivity index (χ4n) is 2.73. The Morgan fingerprint density at radius 1 is 1.44 bits per heavy atom. The molecule has 1 unspecified atom stereocenters. The zero-order chi connectivity index (χ0) is 12.8. The molecule has 2 N–H and O–H groups in total. The molecule has 100 valence electrons. The molecular weight excluding hydrogens is 224 g/mol. The van der Waals surface area contributed by atoms with Crippen molar-refractivity contribution < 1.29 is 4.74 Å². The zero-order valence-corrected chi connectivity index (χ0v) is 11.3. The monoisotopic (exact) mass is 248 g/mol. The lowest BCUT2D eigenvalue weighted by Crippen LogP contribution is -2.20. The molecule has 0 radical (unpaired) electrons. The Hall–Kier alpha value is -1.06. The van der Waals surface area contributed by atoms with Crippen LogP contribution in [0.25, 0.3) is 0 Å². The van der Waals surface area contributed by atoms with Gasteiger partial charge in [0, 0.05) is 13.1 Å². The molecule has 1 aliphatic heterocycles. The van der Waals surface area contributed by atoms with Crippen molar-refractivity contribution in [3.8, 4) is 5.75 Å². The smallest absolute Gasteiger partial charge is 0.119 e. The molecule has 3 nitrogen and oxygen atoms in total. The minimum atomic E-state index is 0.826. The van der Waals surface area contributed by atoms with E-state index in [-0.39, 0.29) is 0 Å². The molecule has 0 bridgehead atoms. The number of rotatable bonds is 6. The number of hydrogen-bond donors (Lipinski definition) is 1. The minimum absolute atomic E-state index is 0.826. The van der Waals surface area contributed by atoms with E-state index in [1.54, 1.807) is 7.11 Å². The van der Waals surface area contributed by atoms with Crippen molar-refractivity contribution in [3.05, 3.63) is 29.8 Å². The van der Waals surface area contributed by atoms with Gasteiger partial charge in [-0.05, 0) is 56.0 Å². The number of hydrogen-bond acceptors (Lipinski definition) is 3. The van der Waals surface area contributed by atoms with E-state index in [0.29, 0.717) is 0 Å². The van der Waals surface area contributed by atoms with Crippen LogP contribution in [-0.4, -0.2) is 31.6 Å². The highest BCUT2D eigenvalue weighted by molar-refractivity contribution is 5.28. The molecule has 18 heavy (non-hydrogen) atoms. The van der Waals surface area contributed by atoms with Gasteiger partial charge in [-0.25, -0.2) is 0 Å². The summed E-state index contributed by atoms with van der Waals surface area (Å²) in [4.78, 5) is 2.54. The lowest BCUT2D eigenvalue weighted by Gasteiger charge is -2.16. The summed E-state index contributed by atoms with van der Waals surface area (Å²) in [6, 6.07) is 8.37. The first-order valence-electron chi connectivity index (χ1n) is 6.87. The van der Waals surface area contributed by atoms with E-state index in [9.17, 15) is 0 Å². The average Bonchev–Trinajstić information content (AvgIpc) is 2.84. The van der Waals surface area contributed by atoms with Crippen molar-refractivity contribution in [2.75, 3.05) is 26.7 Å². The highest BCUT2D eigenvalue weighted by Gasteiger charge is 2.21. The van der Waals surface area contributed by atoms with Crippen molar-refractivity contribution in [3.63, 3.8) is 0 Å². The van der Waals surface area contributed by atoms with Gasteiger partial charge in [0.2, 0.25) is 0 Å². The maximum Gasteiger partial charge on any atom is 0.119 e. The van der Waals surface area contributed by atoms with Crippen LogP contribution in [0.5, 0.6) is 5.75 Å². The van der Waals surface area contributed by atoms with Gasteiger partial charge < -0.3 is 10.5 Å². The van der Waals surface area contributed by atoms with Crippen molar-refractivity contribution in [2.24, 2.45) is 11.7 Å². The molecule has 1 saturated heterocycles. The molecule has 0 spiro atoms. The van der Waals surface area contributed by atoms with E-state index in [0.717, 1.165) is 31.2 Å². The number of likely N-dealkylation sites (tertiary alicyclic amines) is 1. The van der Waals surface area contributed by atoms with Gasteiger partial charge in [-0.15, -0.1) is 0 Å². The topological polar surface area (TPSA) is 38.5 Å². The molecule has 0 amide bonds. The van der Waals surface area contributed by atoms with Gasteiger partial charge in [-0.3, -0.25) is 4.90 Å². The predicted molar refractivity (Wildman–Crippen MR) is 74.7 cm³/mol. The summed E-state index contributed by atoms with van der Waals surface area (Å²) in [7, 11) is 1.72. The summed E-state index contributed by atoms with van der Waals surface area (Å²) < 4.78 is 5.26. The first kappa shape index (κ1) is 13.4. The van der Waals surface area contributed by atoms with Crippen LogP contribution >= 0.6 is 0 Å². The Kier molecular flexibility index (Phi) is 5.02. The third kappa shape index (κ3) is 3.72. The Bertz CT molecular complexity index is 367. The van der Waals surface area contributed by atoms with E-state index in [1.807, 2.05) is 6.07 Å². The van der Waals surface area contributed by atoms with Gasteiger partial charge >= 0.3 is 0 Å². The second-order valence-corrected chi connectivity index (χ2v) is 5.17. The maximum atomic E-state index is 5.57. The normalized spacial score (nSPS) is 20.2. The van der Waals surface area contributed by atoms with Crippen LogP contribution in [0.2, 0.25) is 0 Å². The first-order valence-corrected chi connectivity index (χ1v) is 6.87. The summed E-state index contributed by atoms with van der Waals surface area (Å²) >= 11 is 0. The molecule has 0 aromatic heterocycles. The second-order valence-electron chi connectivity index (χ2n) is 5.17. The fourth-order valence-corrected chi connectivity index (χ4v) is 2.73. The highest BCUT2D eigenvalue weighted by atomic mass is 16.5. The van der Waals surface area contributed by atoms with Crippen LogP contribution in [0, 0.1) is 5.92 Å². The maximum absolute atomic E-state index is 5.57. The molecule has 1 aliphatic rings. The van der Waals surface area contributed by atoms with Crippen LogP contribution in [0.15, 0.2) is 24.3 Å². The van der Waals surface area contributed by atoms with Crippen molar-refractivity contribution in [1.82, 2.24) is 4.90 Å². The molecule has 0 saturated carbocycles. The Balaban J connectivity index is 1.83. The van der Waals surface area contributed by atoms with Gasteiger partial charge in [-0.1, -0.05) is 12.1 Å². The molecule has 2 rings (SSSR count). The third-order valence-corrected chi connectivity index (χ3v) is 3.73. The summed E-state index contributed by atoms with van der Waals surface area (Å²) in [6.07, 6.45) is 3.77. The lowest BCUT2D eigenvalue weighted by atomic mass is 10.0. The molecular formula is C15H24N2O. The van der Waals surface area contributed by atoms with Crippen molar-refractivity contribution in [2.45, 2.75) is 25.8 Å². The average molecular weight is 248 g/mol. The molecule has 1 atom stereocenters. The molecule has 1 fully saturated rings. The third-order valence-electron chi connectivity index (χ3n) is 3.73. The molecule has 1 aromatic carbocycles. The van der Waals surface area contributed by atoms with Gasteiger partial charge in [0.05, 0.1) is 7.11 Å². The quantitative estimate of drug-likeness (QED) is 0.839. The number of methoxy groups -OCH3 is 1. The summed E-state index contributed by atoms with van der Waals surface area (Å²) in [5.41, 5.74) is 6.91. The van der Waals surface area contributed by atoms with E-state index < -0.39 is 0 Å². The van der Waals surface area contributed by atoms with Crippen LogP contribution < -0.4 is 10.5 Å². The van der Waals surface area contributed by atoms with Crippen molar-refractivity contribution >= 4 is 0 Å². The van der Waals surface area contributed by atoms with E-state index in [2.05, 4.69) is 23.1 Å². The van der Waals surface area contributed by atoms with Gasteiger partial charge in [0.1, 0.15) is 5.75 Å². The zero-order valence-electron chi connectivity index (χ0n) is 11.3. The SMILES string of the molecule is COc1cccc(CN2CCC(CCCN)C2)c1. The minimum Gasteiger partial charge on any atom is -0.497 e.